The van der Waals surface area contributed by atoms with Gasteiger partial charge in [0, 0.05) is 13.0 Å². The minimum absolute atomic E-state index is 0.271. The summed E-state index contributed by atoms with van der Waals surface area (Å²) >= 11 is 0. The average Bonchev–Trinajstić information content (AvgIpc) is 2.48. The van der Waals surface area contributed by atoms with Crippen LogP contribution >= 0.6 is 0 Å². The quantitative estimate of drug-likeness (QED) is 0.769. The highest BCUT2D eigenvalue weighted by atomic mass is 19.1. The van der Waals surface area contributed by atoms with Crippen LogP contribution in [-0.4, -0.2) is 21.7 Å². The smallest absolute Gasteiger partial charge is 0.274 e. The van der Waals surface area contributed by atoms with Gasteiger partial charge in [-0.2, -0.15) is 0 Å². The van der Waals surface area contributed by atoms with Crippen LogP contribution in [-0.2, 0) is 6.42 Å². The minimum Gasteiger partial charge on any atom is -0.354 e. The highest BCUT2D eigenvalue weighted by molar-refractivity contribution is 5.24. The number of unbranched alkanes of at least 4 members (excludes halogenated alkanes) is 2. The number of nitrogens with one attached hydrogen (secondary N) is 2. The van der Waals surface area contributed by atoms with Gasteiger partial charge in [0.1, 0.15) is 11.5 Å². The molecule has 2 aromatic rings. The van der Waals surface area contributed by atoms with Crippen molar-refractivity contribution in [3.63, 3.8) is 0 Å². The molecule has 2 N–H and O–H groups in total. The second kappa shape index (κ2) is 7.52. The summed E-state index contributed by atoms with van der Waals surface area (Å²) in [6.45, 7) is 2.89. The number of anilines is 1. The molecule has 1 aromatic heterocycles. The number of hydrogen-bond donors (Lipinski definition) is 2. The van der Waals surface area contributed by atoms with Crippen molar-refractivity contribution >= 4 is 5.95 Å². The number of aromatic nitrogens is 3. The second-order valence-corrected chi connectivity index (χ2v) is 4.89. The van der Waals surface area contributed by atoms with Crippen molar-refractivity contribution in [3.05, 3.63) is 51.7 Å². The molecule has 0 spiro atoms. The van der Waals surface area contributed by atoms with Crippen LogP contribution in [0.25, 0.3) is 0 Å². The molecule has 1 aromatic carbocycles. The Kier molecular flexibility index (Phi) is 5.43. The van der Waals surface area contributed by atoms with Crippen molar-refractivity contribution < 1.29 is 4.39 Å². The lowest BCUT2D eigenvalue weighted by Gasteiger charge is -2.05. The highest BCUT2D eigenvalue weighted by Crippen LogP contribution is 2.06. The number of nitrogens with zero attached hydrogens (tertiary/aromatic N) is 2. The summed E-state index contributed by atoms with van der Waals surface area (Å²) in [5.41, 5.74) is 0.868. The van der Waals surface area contributed by atoms with Gasteiger partial charge in [-0.3, -0.25) is 9.78 Å². The molecule has 0 saturated carbocycles. The normalized spacial score (nSPS) is 10.6. The van der Waals surface area contributed by atoms with Crippen LogP contribution in [0.2, 0.25) is 0 Å². The third-order valence-corrected chi connectivity index (χ3v) is 3.12. The van der Waals surface area contributed by atoms with Gasteiger partial charge in [0.05, 0.1) is 0 Å². The van der Waals surface area contributed by atoms with Gasteiger partial charge in [-0.15, -0.1) is 10.2 Å². The van der Waals surface area contributed by atoms with E-state index in [1.54, 1.807) is 12.1 Å². The first-order chi connectivity index (χ1) is 10.2. The van der Waals surface area contributed by atoms with Crippen molar-refractivity contribution in [2.45, 2.75) is 32.6 Å². The SMILES string of the molecule is CCCCCNc1nnc(Cc2ccc(F)cc2)c(=O)[nH]1. The summed E-state index contributed by atoms with van der Waals surface area (Å²) in [6, 6.07) is 5.99. The lowest BCUT2D eigenvalue weighted by Crippen LogP contribution is -2.20. The Balaban J connectivity index is 1.98. The zero-order valence-electron chi connectivity index (χ0n) is 12.0. The Morgan fingerprint density at radius 1 is 1.19 bits per heavy atom. The Hall–Kier alpha value is -2.24. The Morgan fingerprint density at radius 3 is 2.62 bits per heavy atom. The van der Waals surface area contributed by atoms with Crippen molar-refractivity contribution in [2.24, 2.45) is 0 Å². The molecule has 0 bridgehead atoms. The fraction of sp³-hybridized carbons (Fsp3) is 0.400. The topological polar surface area (TPSA) is 70.7 Å². The first-order valence-electron chi connectivity index (χ1n) is 7.13. The van der Waals surface area contributed by atoms with E-state index in [1.807, 2.05) is 0 Å². The summed E-state index contributed by atoms with van der Waals surface area (Å²) in [5, 5.41) is 10.9. The van der Waals surface area contributed by atoms with E-state index in [1.165, 1.54) is 12.1 Å². The van der Waals surface area contributed by atoms with Crippen LogP contribution in [0.15, 0.2) is 29.1 Å². The van der Waals surface area contributed by atoms with E-state index in [9.17, 15) is 9.18 Å². The van der Waals surface area contributed by atoms with Gasteiger partial charge in [-0.1, -0.05) is 31.9 Å². The van der Waals surface area contributed by atoms with E-state index in [2.05, 4.69) is 27.4 Å². The molecule has 21 heavy (non-hydrogen) atoms. The van der Waals surface area contributed by atoms with Crippen LogP contribution in [0, 0.1) is 5.82 Å². The first-order valence-corrected chi connectivity index (χ1v) is 7.13. The molecule has 0 fully saturated rings. The van der Waals surface area contributed by atoms with Crippen LogP contribution in [0.5, 0.6) is 0 Å². The molecule has 6 heteroatoms. The van der Waals surface area contributed by atoms with E-state index >= 15 is 0 Å². The minimum atomic E-state index is -0.301. The number of benzene rings is 1. The average molecular weight is 290 g/mol. The summed E-state index contributed by atoms with van der Waals surface area (Å²) in [6.07, 6.45) is 3.63. The maximum Gasteiger partial charge on any atom is 0.274 e. The molecule has 0 aliphatic heterocycles. The van der Waals surface area contributed by atoms with Crippen LogP contribution in [0.3, 0.4) is 0 Å². The molecule has 0 aliphatic rings. The third-order valence-electron chi connectivity index (χ3n) is 3.12. The van der Waals surface area contributed by atoms with Crippen LogP contribution in [0.4, 0.5) is 10.3 Å². The van der Waals surface area contributed by atoms with E-state index in [-0.39, 0.29) is 11.4 Å². The zero-order chi connectivity index (χ0) is 15.1. The van der Waals surface area contributed by atoms with Gasteiger partial charge in [-0.25, -0.2) is 4.39 Å². The van der Waals surface area contributed by atoms with E-state index in [0.717, 1.165) is 31.4 Å². The number of rotatable bonds is 7. The maximum atomic E-state index is 12.8. The van der Waals surface area contributed by atoms with Crippen molar-refractivity contribution in [1.29, 1.82) is 0 Å². The molecule has 0 amide bonds. The fourth-order valence-corrected chi connectivity index (χ4v) is 1.93. The number of hydrogen-bond acceptors (Lipinski definition) is 4. The molecule has 0 saturated heterocycles. The Labute approximate surface area is 122 Å². The van der Waals surface area contributed by atoms with Gasteiger partial charge in [0.2, 0.25) is 5.95 Å². The monoisotopic (exact) mass is 290 g/mol. The lowest BCUT2D eigenvalue weighted by atomic mass is 10.1. The molecule has 5 nitrogen and oxygen atoms in total. The van der Waals surface area contributed by atoms with Gasteiger partial charge in [0.25, 0.3) is 5.56 Å². The van der Waals surface area contributed by atoms with Gasteiger partial charge in [0.15, 0.2) is 0 Å². The maximum absolute atomic E-state index is 12.8. The first kappa shape index (κ1) is 15.2. The predicted octanol–water partition coefficient (Wildman–Crippen LogP) is 2.50. The van der Waals surface area contributed by atoms with E-state index in [0.29, 0.717) is 18.1 Å². The van der Waals surface area contributed by atoms with E-state index in [4.69, 9.17) is 0 Å². The summed E-state index contributed by atoms with van der Waals surface area (Å²) < 4.78 is 12.8. The predicted molar refractivity (Wildman–Crippen MR) is 79.9 cm³/mol. The second-order valence-electron chi connectivity index (χ2n) is 4.89. The molecular weight excluding hydrogens is 271 g/mol. The van der Waals surface area contributed by atoms with Crippen molar-refractivity contribution in [3.8, 4) is 0 Å². The zero-order valence-corrected chi connectivity index (χ0v) is 12.0. The number of H-pyrrole nitrogens is 1. The Bertz CT molecular complexity index is 624. The van der Waals surface area contributed by atoms with Gasteiger partial charge in [-0.05, 0) is 24.1 Å². The molecule has 0 atom stereocenters. The van der Waals surface area contributed by atoms with Crippen LogP contribution in [0.1, 0.15) is 37.4 Å². The molecule has 2 rings (SSSR count). The summed E-state index contributed by atoms with van der Waals surface area (Å²) in [7, 11) is 0. The van der Waals surface area contributed by atoms with Gasteiger partial charge < -0.3 is 5.32 Å². The lowest BCUT2D eigenvalue weighted by molar-refractivity contribution is 0.627. The number of halogens is 1. The van der Waals surface area contributed by atoms with Crippen LogP contribution < -0.4 is 10.9 Å². The molecule has 112 valence electrons. The molecule has 0 radical (unpaired) electrons. The van der Waals surface area contributed by atoms with E-state index < -0.39 is 0 Å². The summed E-state index contributed by atoms with van der Waals surface area (Å²) in [5.74, 6) is 0.0873. The largest absolute Gasteiger partial charge is 0.354 e. The Morgan fingerprint density at radius 2 is 1.95 bits per heavy atom. The van der Waals surface area contributed by atoms with Gasteiger partial charge >= 0.3 is 0 Å². The van der Waals surface area contributed by atoms with Crippen molar-refractivity contribution in [2.75, 3.05) is 11.9 Å². The fourth-order valence-electron chi connectivity index (χ4n) is 1.93. The molecule has 0 aliphatic carbocycles. The highest BCUT2D eigenvalue weighted by Gasteiger charge is 2.06. The third kappa shape index (κ3) is 4.66. The number of aromatic amines is 1. The standard InChI is InChI=1S/C15H19FN4O/c1-2-3-4-9-17-15-18-14(21)13(19-20-15)10-11-5-7-12(16)8-6-11/h5-8H,2-4,9-10H2,1H3,(H2,17,18,20,21). The summed E-state index contributed by atoms with van der Waals surface area (Å²) in [4.78, 5) is 14.6. The van der Waals surface area contributed by atoms with Crippen molar-refractivity contribution in [1.82, 2.24) is 15.2 Å². The molecular formula is C15H19FN4O. The molecule has 1 heterocycles. The molecule has 0 unspecified atom stereocenters.